The van der Waals surface area contributed by atoms with Crippen molar-refractivity contribution in [1.29, 1.82) is 0 Å². The standard InChI is InChI=1S/C25H27FN4O5S/c1-25(2)8-7-15-17(9-25)36-19(28-15)12-35-24(34)27-10-13-3-4-14-11-30(23(33)20(14)21(13)26)16-5-6-18(31)29-22(16)32/h3-4,16H,5-12H2,1-2H3,(H,27,34)(H,29,31,32). The van der Waals surface area contributed by atoms with E-state index in [1.807, 2.05) is 0 Å². The first kappa shape index (κ1) is 24.4. The number of aromatic nitrogens is 1. The predicted octanol–water partition coefficient (Wildman–Crippen LogP) is 2.98. The summed E-state index contributed by atoms with van der Waals surface area (Å²) in [6.45, 7) is 4.43. The van der Waals surface area contributed by atoms with Crippen LogP contribution in [-0.2, 0) is 46.9 Å². The Hall–Kier alpha value is -3.34. The number of halogens is 1. The van der Waals surface area contributed by atoms with Gasteiger partial charge in [0.25, 0.3) is 5.91 Å². The van der Waals surface area contributed by atoms with E-state index in [0.29, 0.717) is 5.56 Å². The molecule has 2 N–H and O–H groups in total. The van der Waals surface area contributed by atoms with Crippen LogP contribution in [-0.4, -0.2) is 39.7 Å². The number of fused-ring (bicyclic) bond motifs is 2. The number of amides is 4. The summed E-state index contributed by atoms with van der Waals surface area (Å²) in [6.07, 6.45) is 2.57. The van der Waals surface area contributed by atoms with Crippen molar-refractivity contribution in [1.82, 2.24) is 20.5 Å². The third-order valence-electron chi connectivity index (χ3n) is 6.96. The van der Waals surface area contributed by atoms with Gasteiger partial charge in [0.1, 0.15) is 23.5 Å². The number of hydrogen-bond donors (Lipinski definition) is 2. The van der Waals surface area contributed by atoms with Crippen molar-refractivity contribution in [2.75, 3.05) is 0 Å². The minimum atomic E-state index is -0.818. The average molecular weight is 515 g/mol. The van der Waals surface area contributed by atoms with Gasteiger partial charge >= 0.3 is 6.09 Å². The van der Waals surface area contributed by atoms with Crippen molar-refractivity contribution < 1.29 is 28.3 Å². The number of imide groups is 1. The second-order valence-electron chi connectivity index (χ2n) is 10.2. The Morgan fingerprint density at radius 3 is 2.89 bits per heavy atom. The Morgan fingerprint density at radius 1 is 1.31 bits per heavy atom. The molecule has 3 aliphatic rings. The highest BCUT2D eigenvalue weighted by atomic mass is 32.1. The molecule has 1 aliphatic carbocycles. The quantitative estimate of drug-likeness (QED) is 0.593. The molecule has 4 amide bonds. The maximum Gasteiger partial charge on any atom is 0.407 e. The Kier molecular flexibility index (Phi) is 6.27. The first-order valence-electron chi connectivity index (χ1n) is 11.9. The molecule has 0 saturated carbocycles. The number of nitrogens with one attached hydrogen (secondary N) is 2. The molecule has 190 valence electrons. The molecular formula is C25H27FN4O5S. The van der Waals surface area contributed by atoms with Crippen LogP contribution in [0.5, 0.6) is 0 Å². The van der Waals surface area contributed by atoms with E-state index in [9.17, 15) is 19.2 Å². The van der Waals surface area contributed by atoms with Crippen LogP contribution in [0.2, 0.25) is 0 Å². The molecule has 2 aromatic rings. The van der Waals surface area contributed by atoms with Crippen molar-refractivity contribution >= 4 is 35.2 Å². The molecule has 9 nitrogen and oxygen atoms in total. The zero-order valence-electron chi connectivity index (χ0n) is 20.1. The van der Waals surface area contributed by atoms with Crippen LogP contribution in [0, 0.1) is 11.2 Å². The summed E-state index contributed by atoms with van der Waals surface area (Å²) in [5.74, 6) is -2.27. The van der Waals surface area contributed by atoms with Gasteiger partial charge in [0.2, 0.25) is 11.8 Å². The van der Waals surface area contributed by atoms with Crippen LogP contribution in [0.25, 0.3) is 0 Å². The van der Waals surface area contributed by atoms with Gasteiger partial charge in [0, 0.05) is 30.0 Å². The number of alkyl carbamates (subject to hydrolysis) is 1. The van der Waals surface area contributed by atoms with Crippen molar-refractivity contribution in [3.8, 4) is 0 Å². The zero-order chi connectivity index (χ0) is 25.6. The molecule has 2 aliphatic heterocycles. The maximum absolute atomic E-state index is 15.2. The average Bonchev–Trinajstić information content (AvgIpc) is 3.37. The fourth-order valence-corrected chi connectivity index (χ4v) is 6.23. The van der Waals surface area contributed by atoms with E-state index in [0.717, 1.165) is 30.0 Å². The molecule has 1 fully saturated rings. The maximum atomic E-state index is 15.2. The lowest BCUT2D eigenvalue weighted by atomic mass is 9.79. The summed E-state index contributed by atoms with van der Waals surface area (Å²) < 4.78 is 20.5. The minimum Gasteiger partial charge on any atom is -0.442 e. The molecule has 36 heavy (non-hydrogen) atoms. The first-order valence-corrected chi connectivity index (χ1v) is 12.8. The lowest BCUT2D eigenvalue weighted by Gasteiger charge is -2.29. The minimum absolute atomic E-state index is 0.0377. The smallest absolute Gasteiger partial charge is 0.407 e. The summed E-state index contributed by atoms with van der Waals surface area (Å²) in [4.78, 5) is 55.9. The van der Waals surface area contributed by atoms with Crippen LogP contribution in [0.15, 0.2) is 12.1 Å². The number of carbonyl (C=O) groups excluding carboxylic acids is 4. The van der Waals surface area contributed by atoms with Crippen LogP contribution < -0.4 is 10.6 Å². The number of ether oxygens (including phenoxy) is 1. The third kappa shape index (κ3) is 4.71. The summed E-state index contributed by atoms with van der Waals surface area (Å²) in [5, 5.41) is 5.48. The van der Waals surface area contributed by atoms with Gasteiger partial charge in [-0.1, -0.05) is 26.0 Å². The van der Waals surface area contributed by atoms with Gasteiger partial charge in [-0.25, -0.2) is 14.2 Å². The molecule has 0 spiro atoms. The van der Waals surface area contributed by atoms with Crippen LogP contribution >= 0.6 is 11.3 Å². The van der Waals surface area contributed by atoms with E-state index in [2.05, 4.69) is 29.5 Å². The highest BCUT2D eigenvalue weighted by Crippen LogP contribution is 2.37. The van der Waals surface area contributed by atoms with Gasteiger partial charge in [0.15, 0.2) is 0 Å². The summed E-state index contributed by atoms with van der Waals surface area (Å²) in [5.41, 5.74) is 1.81. The molecule has 1 saturated heterocycles. The lowest BCUT2D eigenvalue weighted by Crippen LogP contribution is -2.52. The number of piperidine rings is 1. The predicted molar refractivity (Wildman–Crippen MR) is 127 cm³/mol. The normalized spacial score (nSPS) is 20.6. The van der Waals surface area contributed by atoms with Gasteiger partial charge in [-0.05, 0) is 36.7 Å². The van der Waals surface area contributed by atoms with Crippen LogP contribution in [0.4, 0.5) is 9.18 Å². The number of carbonyl (C=O) groups is 4. The van der Waals surface area contributed by atoms with Crippen molar-refractivity contribution in [2.45, 2.75) is 71.7 Å². The number of aryl methyl sites for hydroxylation is 1. The monoisotopic (exact) mass is 514 g/mol. The van der Waals surface area contributed by atoms with E-state index in [4.69, 9.17) is 4.74 Å². The molecule has 0 bridgehead atoms. The molecule has 3 heterocycles. The van der Waals surface area contributed by atoms with Crippen LogP contribution in [0.1, 0.15) is 70.2 Å². The number of nitrogens with zero attached hydrogens (tertiary/aromatic N) is 2. The lowest BCUT2D eigenvalue weighted by molar-refractivity contribution is -0.136. The Bertz CT molecular complexity index is 1270. The summed E-state index contributed by atoms with van der Waals surface area (Å²) in [6, 6.07) is 2.31. The fourth-order valence-electron chi connectivity index (χ4n) is 4.95. The topological polar surface area (TPSA) is 118 Å². The van der Waals surface area contributed by atoms with Gasteiger partial charge in [-0.15, -0.1) is 11.3 Å². The molecule has 1 aromatic carbocycles. The Balaban J connectivity index is 1.18. The number of thiazole rings is 1. The van der Waals surface area contributed by atoms with Crippen molar-refractivity contribution in [3.63, 3.8) is 0 Å². The van der Waals surface area contributed by atoms with E-state index in [1.165, 1.54) is 15.8 Å². The summed E-state index contributed by atoms with van der Waals surface area (Å²) in [7, 11) is 0. The molecule has 1 unspecified atom stereocenters. The van der Waals surface area contributed by atoms with Gasteiger partial charge in [-0.2, -0.15) is 0 Å². The fraction of sp³-hybridized carbons (Fsp3) is 0.480. The molecule has 1 atom stereocenters. The second kappa shape index (κ2) is 9.27. The van der Waals surface area contributed by atoms with E-state index in [1.54, 1.807) is 17.4 Å². The third-order valence-corrected chi connectivity index (χ3v) is 8.03. The summed E-state index contributed by atoms with van der Waals surface area (Å²) >= 11 is 1.56. The van der Waals surface area contributed by atoms with Gasteiger partial charge < -0.3 is 15.0 Å². The van der Waals surface area contributed by atoms with E-state index < -0.39 is 29.8 Å². The zero-order valence-corrected chi connectivity index (χ0v) is 20.9. The SMILES string of the molecule is CC1(C)CCc2nc(COC(=O)NCc3ccc4c(c3F)C(=O)N(C3CCC(=O)NC3=O)C4)sc2C1. The molecule has 0 radical (unpaired) electrons. The van der Waals surface area contributed by atoms with Crippen molar-refractivity contribution in [3.05, 3.63) is 50.2 Å². The second-order valence-corrected chi connectivity index (χ2v) is 11.4. The largest absolute Gasteiger partial charge is 0.442 e. The Labute approximate surface area is 211 Å². The Morgan fingerprint density at radius 2 is 2.11 bits per heavy atom. The van der Waals surface area contributed by atoms with Crippen molar-refractivity contribution in [2.24, 2.45) is 5.41 Å². The van der Waals surface area contributed by atoms with E-state index >= 15 is 4.39 Å². The molecular weight excluding hydrogens is 487 g/mol. The first-order chi connectivity index (χ1) is 17.1. The highest BCUT2D eigenvalue weighted by Gasteiger charge is 2.40. The number of rotatable bonds is 5. The molecule has 11 heteroatoms. The highest BCUT2D eigenvalue weighted by molar-refractivity contribution is 7.11. The molecule has 5 rings (SSSR count). The van der Waals surface area contributed by atoms with Gasteiger partial charge in [0.05, 0.1) is 11.3 Å². The van der Waals surface area contributed by atoms with Gasteiger partial charge in [-0.3, -0.25) is 19.7 Å². The number of hydrogen-bond acceptors (Lipinski definition) is 7. The molecule has 1 aromatic heterocycles. The van der Waals surface area contributed by atoms with Crippen LogP contribution in [0.3, 0.4) is 0 Å². The number of benzene rings is 1. The van der Waals surface area contributed by atoms with E-state index in [-0.39, 0.29) is 55.0 Å².